The van der Waals surface area contributed by atoms with Crippen molar-refractivity contribution in [3.8, 4) is 27.9 Å². The molecule has 2 heteroatoms. The summed E-state index contributed by atoms with van der Waals surface area (Å²) in [6.07, 6.45) is 0. The Kier molecular flexibility index (Phi) is 5.99. The van der Waals surface area contributed by atoms with Gasteiger partial charge in [0.05, 0.1) is 16.4 Å². The van der Waals surface area contributed by atoms with E-state index >= 15 is 0 Å². The zero-order chi connectivity index (χ0) is 35.8. The number of benzene rings is 8. The lowest BCUT2D eigenvalue weighted by Gasteiger charge is -2.34. The van der Waals surface area contributed by atoms with Gasteiger partial charge in [-0.2, -0.15) is 0 Å². The summed E-state index contributed by atoms with van der Waals surface area (Å²) in [6.45, 7) is 4.87. The van der Waals surface area contributed by atoms with Crippen LogP contribution >= 0.6 is 11.3 Å². The lowest BCUT2D eigenvalue weighted by atomic mass is 9.67. The molecule has 0 saturated carbocycles. The number of nitrogens with zero attached hydrogens (tertiary/aromatic N) is 1. The number of thiophene rings is 1. The van der Waals surface area contributed by atoms with E-state index in [1.165, 1.54) is 103 Å². The molecular weight excluding hydrogens is 671 g/mol. The zero-order valence-corrected chi connectivity index (χ0v) is 30.9. The van der Waals surface area contributed by atoms with E-state index < -0.39 is 5.41 Å². The molecule has 0 amide bonds. The highest BCUT2D eigenvalue weighted by atomic mass is 32.1. The van der Waals surface area contributed by atoms with Crippen LogP contribution in [0.1, 0.15) is 47.2 Å². The highest BCUT2D eigenvalue weighted by Gasteiger charge is 2.46. The van der Waals surface area contributed by atoms with Gasteiger partial charge in [0.25, 0.3) is 0 Å². The fourth-order valence-electron chi connectivity index (χ4n) is 10.5. The van der Waals surface area contributed by atoms with Crippen LogP contribution in [0.25, 0.3) is 69.9 Å². The Morgan fingerprint density at radius 1 is 0.481 bits per heavy atom. The van der Waals surface area contributed by atoms with E-state index in [1.807, 2.05) is 11.3 Å². The number of para-hydroxylation sites is 1. The normalized spacial score (nSPS) is 14.8. The average molecular weight is 706 g/mol. The molecule has 0 aliphatic heterocycles. The molecule has 10 aromatic rings. The van der Waals surface area contributed by atoms with Crippen molar-refractivity contribution in [1.29, 1.82) is 0 Å². The summed E-state index contributed by atoms with van der Waals surface area (Å²) in [5, 5.41) is 5.43. The third-order valence-corrected chi connectivity index (χ3v) is 13.8. The Morgan fingerprint density at radius 2 is 1.07 bits per heavy atom. The third kappa shape index (κ3) is 3.64. The van der Waals surface area contributed by atoms with Gasteiger partial charge >= 0.3 is 0 Å². The molecule has 2 heterocycles. The Morgan fingerprint density at radius 3 is 1.83 bits per heavy atom. The van der Waals surface area contributed by atoms with Crippen LogP contribution in [0.15, 0.2) is 176 Å². The van der Waals surface area contributed by atoms with Crippen molar-refractivity contribution in [2.75, 3.05) is 0 Å². The molecule has 0 N–H and O–H groups in total. The predicted octanol–water partition coefficient (Wildman–Crippen LogP) is 13.8. The first-order valence-electron chi connectivity index (χ1n) is 18.9. The van der Waals surface area contributed by atoms with Crippen LogP contribution < -0.4 is 0 Å². The molecule has 2 aliphatic rings. The van der Waals surface area contributed by atoms with E-state index in [-0.39, 0.29) is 5.41 Å². The number of fused-ring (bicyclic) bond motifs is 15. The van der Waals surface area contributed by atoms with E-state index in [9.17, 15) is 0 Å². The van der Waals surface area contributed by atoms with Crippen LogP contribution in [0.2, 0.25) is 0 Å². The maximum absolute atomic E-state index is 2.61. The maximum atomic E-state index is 2.61. The van der Waals surface area contributed by atoms with Crippen LogP contribution in [0.5, 0.6) is 0 Å². The second-order valence-electron chi connectivity index (χ2n) is 15.6. The van der Waals surface area contributed by atoms with Crippen LogP contribution in [0.3, 0.4) is 0 Å². The largest absolute Gasteiger partial charge is 0.309 e. The summed E-state index contributed by atoms with van der Waals surface area (Å²) < 4.78 is 5.34. The number of hydrogen-bond donors (Lipinski definition) is 0. The van der Waals surface area contributed by atoms with Gasteiger partial charge in [0.1, 0.15) is 0 Å². The van der Waals surface area contributed by atoms with Crippen molar-refractivity contribution >= 4 is 53.3 Å². The summed E-state index contributed by atoms with van der Waals surface area (Å²) >= 11 is 1.95. The van der Waals surface area contributed by atoms with Gasteiger partial charge in [-0.15, -0.1) is 11.3 Å². The highest BCUT2D eigenvalue weighted by molar-refractivity contribution is 7.26. The van der Waals surface area contributed by atoms with Crippen LogP contribution in [0, 0.1) is 0 Å². The van der Waals surface area contributed by atoms with Crippen LogP contribution in [-0.2, 0) is 10.8 Å². The molecule has 0 radical (unpaired) electrons. The second-order valence-corrected chi connectivity index (χ2v) is 16.6. The fourth-order valence-corrected chi connectivity index (χ4v) is 11.8. The Bertz CT molecular complexity index is 3140. The summed E-state index contributed by atoms with van der Waals surface area (Å²) in [7, 11) is 0. The topological polar surface area (TPSA) is 4.93 Å². The Balaban J connectivity index is 1.28. The monoisotopic (exact) mass is 705 g/mol. The Hall–Kier alpha value is -6.22. The van der Waals surface area contributed by atoms with Gasteiger partial charge in [0, 0.05) is 47.6 Å². The quantitative estimate of drug-likeness (QED) is 0.172. The summed E-state index contributed by atoms with van der Waals surface area (Å²) in [5.74, 6) is 0. The van der Waals surface area contributed by atoms with Crippen molar-refractivity contribution in [3.63, 3.8) is 0 Å². The van der Waals surface area contributed by atoms with Gasteiger partial charge in [-0.05, 0) is 74.3 Å². The van der Waals surface area contributed by atoms with Gasteiger partial charge in [0.15, 0.2) is 0 Å². The first-order chi connectivity index (χ1) is 26.6. The van der Waals surface area contributed by atoms with Crippen molar-refractivity contribution < 1.29 is 0 Å². The van der Waals surface area contributed by atoms with E-state index in [0.29, 0.717) is 0 Å². The lowest BCUT2D eigenvalue weighted by Crippen LogP contribution is -2.28. The van der Waals surface area contributed by atoms with Crippen LogP contribution in [0.4, 0.5) is 0 Å². The standard InChI is InChI=1S/C52H35NS/c1-51(2)40-25-13-10-22-37(40)45-48(51)46-39-24-12-16-28-44(39)54-50(46)47-38-23-11-15-27-43(38)53(49(45)47)34-29-30-36-35-21-9-14-26-41(35)52(42(36)31-34,32-17-5-3-6-18-32)33-19-7-4-8-20-33/h3-31H,1-2H3. The molecule has 0 bridgehead atoms. The van der Waals surface area contributed by atoms with E-state index in [2.05, 4.69) is 194 Å². The molecule has 254 valence electrons. The zero-order valence-electron chi connectivity index (χ0n) is 30.1. The van der Waals surface area contributed by atoms with Gasteiger partial charge < -0.3 is 4.57 Å². The minimum Gasteiger partial charge on any atom is -0.309 e. The molecule has 0 spiro atoms. The molecular formula is C52H35NS. The molecule has 2 aliphatic carbocycles. The minimum atomic E-state index is -0.474. The van der Waals surface area contributed by atoms with Crippen LogP contribution in [-0.4, -0.2) is 4.57 Å². The smallest absolute Gasteiger partial charge is 0.0714 e. The first kappa shape index (κ1) is 30.3. The summed E-state index contributed by atoms with van der Waals surface area (Å²) in [5.41, 5.74) is 16.5. The van der Waals surface area contributed by atoms with Gasteiger partial charge in [-0.3, -0.25) is 0 Å². The van der Waals surface area contributed by atoms with Crippen molar-refractivity contribution in [2.45, 2.75) is 24.7 Å². The summed E-state index contributed by atoms with van der Waals surface area (Å²) in [4.78, 5) is 0. The van der Waals surface area contributed by atoms with Crippen molar-refractivity contribution in [3.05, 3.63) is 209 Å². The molecule has 1 nitrogen and oxygen atoms in total. The first-order valence-corrected chi connectivity index (χ1v) is 19.8. The highest BCUT2D eigenvalue weighted by Crippen LogP contribution is 2.60. The van der Waals surface area contributed by atoms with Crippen molar-refractivity contribution in [1.82, 2.24) is 4.57 Å². The molecule has 12 rings (SSSR count). The SMILES string of the molecule is CC1(C)c2ccccc2-c2c1c1c3ccccc3sc1c1c3ccccc3n(-c3ccc4c(c3)C(c3ccccc3)(c3ccccc3)c3ccccc3-4)c21. The van der Waals surface area contributed by atoms with Gasteiger partial charge in [0.2, 0.25) is 0 Å². The molecule has 0 atom stereocenters. The average Bonchev–Trinajstić information content (AvgIpc) is 3.93. The fraction of sp³-hybridized carbons (Fsp3) is 0.0769. The van der Waals surface area contributed by atoms with Crippen molar-refractivity contribution in [2.24, 2.45) is 0 Å². The predicted molar refractivity (Wildman–Crippen MR) is 229 cm³/mol. The molecule has 0 fully saturated rings. The maximum Gasteiger partial charge on any atom is 0.0714 e. The number of aromatic nitrogens is 1. The molecule has 0 unspecified atom stereocenters. The lowest BCUT2D eigenvalue weighted by molar-refractivity contribution is 0.667. The molecule has 54 heavy (non-hydrogen) atoms. The van der Waals surface area contributed by atoms with E-state index in [1.54, 1.807) is 0 Å². The Labute approximate surface area is 318 Å². The van der Waals surface area contributed by atoms with Gasteiger partial charge in [-0.25, -0.2) is 0 Å². The minimum absolute atomic E-state index is 0.168. The number of hydrogen-bond acceptors (Lipinski definition) is 1. The second kappa shape index (κ2) is 10.7. The summed E-state index contributed by atoms with van der Waals surface area (Å²) in [6, 6.07) is 65.9. The third-order valence-electron chi connectivity index (χ3n) is 12.6. The van der Waals surface area contributed by atoms with E-state index in [4.69, 9.17) is 0 Å². The van der Waals surface area contributed by atoms with Gasteiger partial charge in [-0.1, -0.05) is 166 Å². The molecule has 2 aromatic heterocycles. The molecule has 0 saturated heterocycles. The van der Waals surface area contributed by atoms with E-state index in [0.717, 1.165) is 0 Å². The molecule has 8 aromatic carbocycles. The number of rotatable bonds is 3.